The summed E-state index contributed by atoms with van der Waals surface area (Å²) in [6.07, 6.45) is 7.02. The summed E-state index contributed by atoms with van der Waals surface area (Å²) in [5.41, 5.74) is 0.558. The molecule has 4 fully saturated rings. The van der Waals surface area contributed by atoms with Crippen LogP contribution in [0.15, 0.2) is 30.3 Å². The van der Waals surface area contributed by atoms with E-state index in [0.717, 1.165) is 64.7 Å². The Labute approximate surface area is 190 Å². The van der Waals surface area contributed by atoms with Crippen molar-refractivity contribution in [2.45, 2.75) is 62.9 Å². The predicted octanol–water partition coefficient (Wildman–Crippen LogP) is 2.41. The van der Waals surface area contributed by atoms with Gasteiger partial charge >= 0.3 is 6.03 Å². The minimum absolute atomic E-state index is 0.0758. The Kier molecular flexibility index (Phi) is 5.93. The van der Waals surface area contributed by atoms with E-state index < -0.39 is 5.54 Å². The summed E-state index contributed by atoms with van der Waals surface area (Å²) in [4.78, 5) is 44.8. The molecule has 3 heterocycles. The van der Waals surface area contributed by atoms with Gasteiger partial charge in [0.25, 0.3) is 5.91 Å². The normalized spacial score (nSPS) is 26.3. The molecule has 0 aromatic heterocycles. The van der Waals surface area contributed by atoms with Gasteiger partial charge in [-0.3, -0.25) is 14.5 Å². The van der Waals surface area contributed by atoms with Gasteiger partial charge in [0.2, 0.25) is 5.91 Å². The summed E-state index contributed by atoms with van der Waals surface area (Å²) in [7, 11) is 0. The second kappa shape index (κ2) is 8.85. The van der Waals surface area contributed by atoms with Crippen LogP contribution >= 0.6 is 0 Å². The Balaban J connectivity index is 1.18. The van der Waals surface area contributed by atoms with E-state index in [-0.39, 0.29) is 29.8 Å². The molecule has 1 aromatic carbocycles. The standard InChI is InChI=1S/C25H34N4O3/c30-22(20-8-4-9-20)28-14-5-10-21(18-28)29-23(31)25(26-24(29)32)12-16-27(17-13-25)15-11-19-6-2-1-3-7-19/h1-3,6-7,20-21H,4-5,8-18H2,(H,26,32)/t21-/m1/s1. The fourth-order valence-corrected chi connectivity index (χ4v) is 5.68. The molecular weight excluding hydrogens is 404 g/mol. The van der Waals surface area contributed by atoms with Crippen LogP contribution in [0, 0.1) is 5.92 Å². The van der Waals surface area contributed by atoms with Crippen LogP contribution in [0.2, 0.25) is 0 Å². The van der Waals surface area contributed by atoms with Gasteiger partial charge in [-0.2, -0.15) is 0 Å². The third kappa shape index (κ3) is 4.03. The van der Waals surface area contributed by atoms with Gasteiger partial charge < -0.3 is 15.1 Å². The summed E-state index contributed by atoms with van der Waals surface area (Å²) >= 11 is 0. The molecule has 3 saturated heterocycles. The zero-order valence-corrected chi connectivity index (χ0v) is 18.8. The van der Waals surface area contributed by atoms with Crippen molar-refractivity contribution in [2.24, 2.45) is 5.92 Å². The molecule has 7 heteroatoms. The second-order valence-electron chi connectivity index (χ2n) is 9.97. The first-order chi connectivity index (χ1) is 15.6. The smallest absolute Gasteiger partial charge is 0.325 e. The fourth-order valence-electron chi connectivity index (χ4n) is 5.68. The summed E-state index contributed by atoms with van der Waals surface area (Å²) in [5, 5.41) is 3.06. The summed E-state index contributed by atoms with van der Waals surface area (Å²) in [5.74, 6) is 0.297. The average Bonchev–Trinajstić information content (AvgIpc) is 3.02. The largest absolute Gasteiger partial charge is 0.340 e. The highest BCUT2D eigenvalue weighted by Crippen LogP contribution is 2.34. The first-order valence-electron chi connectivity index (χ1n) is 12.3. The molecule has 1 aromatic rings. The highest BCUT2D eigenvalue weighted by atomic mass is 16.2. The molecule has 4 amide bonds. The fraction of sp³-hybridized carbons (Fsp3) is 0.640. The second-order valence-corrected chi connectivity index (χ2v) is 9.97. The van der Waals surface area contributed by atoms with E-state index >= 15 is 0 Å². The zero-order valence-electron chi connectivity index (χ0n) is 18.8. The maximum Gasteiger partial charge on any atom is 0.325 e. The molecule has 1 atom stereocenters. The quantitative estimate of drug-likeness (QED) is 0.717. The number of nitrogens with zero attached hydrogens (tertiary/aromatic N) is 3. The molecule has 0 unspecified atom stereocenters. The molecule has 0 bridgehead atoms. The molecule has 0 radical (unpaired) electrons. The van der Waals surface area contributed by atoms with E-state index in [9.17, 15) is 14.4 Å². The lowest BCUT2D eigenvalue weighted by molar-refractivity contribution is -0.143. The van der Waals surface area contributed by atoms with Crippen molar-refractivity contribution in [1.29, 1.82) is 0 Å². The molecule has 7 nitrogen and oxygen atoms in total. The van der Waals surface area contributed by atoms with Crippen LogP contribution in [0.5, 0.6) is 0 Å². The maximum atomic E-state index is 13.5. The molecule has 1 aliphatic carbocycles. The number of carbonyl (C=O) groups excluding carboxylic acids is 3. The molecular formula is C25H34N4O3. The van der Waals surface area contributed by atoms with Crippen molar-refractivity contribution in [3.05, 3.63) is 35.9 Å². The molecule has 1 saturated carbocycles. The lowest BCUT2D eigenvalue weighted by Gasteiger charge is -2.40. The number of piperidine rings is 2. The van der Waals surface area contributed by atoms with Crippen molar-refractivity contribution < 1.29 is 14.4 Å². The number of amides is 4. The van der Waals surface area contributed by atoms with Crippen LogP contribution in [0.3, 0.4) is 0 Å². The van der Waals surface area contributed by atoms with Crippen molar-refractivity contribution >= 4 is 17.8 Å². The Bertz CT molecular complexity index is 861. The minimum Gasteiger partial charge on any atom is -0.340 e. The number of nitrogens with one attached hydrogen (secondary N) is 1. The first kappa shape index (κ1) is 21.4. The Morgan fingerprint density at radius 3 is 2.44 bits per heavy atom. The van der Waals surface area contributed by atoms with E-state index in [1.165, 1.54) is 10.5 Å². The van der Waals surface area contributed by atoms with Crippen molar-refractivity contribution in [3.8, 4) is 0 Å². The Morgan fingerprint density at radius 1 is 1.00 bits per heavy atom. The molecule has 1 N–H and O–H groups in total. The van der Waals surface area contributed by atoms with Crippen LogP contribution in [0.4, 0.5) is 4.79 Å². The molecule has 32 heavy (non-hydrogen) atoms. The first-order valence-corrected chi connectivity index (χ1v) is 12.3. The molecule has 172 valence electrons. The summed E-state index contributed by atoms with van der Waals surface area (Å²) in [6, 6.07) is 9.98. The molecule has 3 aliphatic heterocycles. The zero-order chi connectivity index (χ0) is 22.1. The third-order valence-electron chi connectivity index (χ3n) is 7.99. The number of rotatable bonds is 5. The minimum atomic E-state index is -0.763. The van der Waals surface area contributed by atoms with Crippen LogP contribution in [-0.4, -0.2) is 76.8 Å². The lowest BCUT2D eigenvalue weighted by atomic mass is 9.83. The lowest BCUT2D eigenvalue weighted by Crippen LogP contribution is -2.57. The van der Waals surface area contributed by atoms with Gasteiger partial charge in [-0.15, -0.1) is 0 Å². The van der Waals surface area contributed by atoms with Crippen molar-refractivity contribution in [1.82, 2.24) is 20.0 Å². The molecule has 5 rings (SSSR count). The third-order valence-corrected chi connectivity index (χ3v) is 7.99. The van der Waals surface area contributed by atoms with E-state index in [1.54, 1.807) is 0 Å². The highest BCUT2D eigenvalue weighted by Gasteiger charge is 2.54. The van der Waals surface area contributed by atoms with Gasteiger partial charge in [0.15, 0.2) is 0 Å². The van der Waals surface area contributed by atoms with Gasteiger partial charge in [-0.25, -0.2) is 4.79 Å². The van der Waals surface area contributed by atoms with Gasteiger partial charge in [0.1, 0.15) is 5.54 Å². The molecule has 1 spiro atoms. The number of carbonyl (C=O) groups is 3. The average molecular weight is 439 g/mol. The summed E-state index contributed by atoms with van der Waals surface area (Å²) in [6.45, 7) is 3.82. The highest BCUT2D eigenvalue weighted by molar-refractivity contribution is 6.07. The van der Waals surface area contributed by atoms with Gasteiger partial charge in [-0.1, -0.05) is 36.8 Å². The SMILES string of the molecule is O=C(C1CCC1)N1CCC[C@@H](N2C(=O)NC3(CCN(CCc4ccccc4)CC3)C2=O)C1. The number of hydrogen-bond acceptors (Lipinski definition) is 4. The van der Waals surface area contributed by atoms with Crippen molar-refractivity contribution in [2.75, 3.05) is 32.7 Å². The molecule has 4 aliphatic rings. The number of hydrogen-bond donors (Lipinski definition) is 1. The van der Waals surface area contributed by atoms with Crippen LogP contribution in [0.25, 0.3) is 0 Å². The predicted molar refractivity (Wildman–Crippen MR) is 121 cm³/mol. The van der Waals surface area contributed by atoms with Crippen molar-refractivity contribution in [3.63, 3.8) is 0 Å². The number of imide groups is 1. The Morgan fingerprint density at radius 2 is 1.75 bits per heavy atom. The summed E-state index contributed by atoms with van der Waals surface area (Å²) < 4.78 is 0. The van der Waals surface area contributed by atoms with E-state index in [1.807, 2.05) is 11.0 Å². The number of benzene rings is 1. The Hall–Kier alpha value is -2.41. The van der Waals surface area contributed by atoms with E-state index in [4.69, 9.17) is 0 Å². The van der Waals surface area contributed by atoms with Crippen LogP contribution < -0.4 is 5.32 Å². The monoisotopic (exact) mass is 438 g/mol. The van der Waals surface area contributed by atoms with Crippen LogP contribution in [0.1, 0.15) is 50.5 Å². The number of likely N-dealkylation sites (tertiary alicyclic amines) is 2. The topological polar surface area (TPSA) is 73.0 Å². The number of urea groups is 1. The van der Waals surface area contributed by atoms with Gasteiger partial charge in [0, 0.05) is 38.6 Å². The van der Waals surface area contributed by atoms with E-state index in [0.29, 0.717) is 19.4 Å². The van der Waals surface area contributed by atoms with Gasteiger partial charge in [-0.05, 0) is 50.5 Å². The van der Waals surface area contributed by atoms with E-state index in [2.05, 4.69) is 34.5 Å². The van der Waals surface area contributed by atoms with Crippen LogP contribution in [-0.2, 0) is 16.0 Å². The maximum absolute atomic E-state index is 13.5. The van der Waals surface area contributed by atoms with Gasteiger partial charge in [0.05, 0.1) is 6.04 Å².